The van der Waals surface area contributed by atoms with Crippen molar-refractivity contribution in [3.63, 3.8) is 0 Å². The third-order valence-electron chi connectivity index (χ3n) is 4.37. The second-order valence-corrected chi connectivity index (χ2v) is 5.58. The van der Waals surface area contributed by atoms with Gasteiger partial charge in [0.05, 0.1) is 0 Å². The number of rotatable bonds is 4. The molecule has 2 heteroatoms. The lowest BCUT2D eigenvalue weighted by Gasteiger charge is -2.27. The monoisotopic (exact) mass is 252 g/mol. The van der Waals surface area contributed by atoms with Crippen LogP contribution in [0.2, 0.25) is 0 Å². The van der Waals surface area contributed by atoms with Gasteiger partial charge in [0, 0.05) is 0 Å². The first-order valence-electron chi connectivity index (χ1n) is 7.13. The van der Waals surface area contributed by atoms with Crippen LogP contribution in [0.4, 0.5) is 8.78 Å². The predicted molar refractivity (Wildman–Crippen MR) is 70.4 cm³/mol. The third-order valence-corrected chi connectivity index (χ3v) is 4.37. The summed E-state index contributed by atoms with van der Waals surface area (Å²) < 4.78 is 25.9. The van der Waals surface area contributed by atoms with E-state index in [-0.39, 0.29) is 0 Å². The molecule has 0 amide bonds. The molecule has 0 saturated heterocycles. The molecule has 0 aliphatic heterocycles. The first kappa shape index (κ1) is 13.5. The van der Waals surface area contributed by atoms with Crippen molar-refractivity contribution in [1.82, 2.24) is 0 Å². The Morgan fingerprint density at radius 3 is 2.28 bits per heavy atom. The first-order valence-corrected chi connectivity index (χ1v) is 7.13. The smallest absolute Gasteiger partial charge is 0.159 e. The van der Waals surface area contributed by atoms with Gasteiger partial charge in [-0.3, -0.25) is 0 Å². The van der Waals surface area contributed by atoms with Crippen LogP contribution in [0.1, 0.15) is 51.0 Å². The Kier molecular flexibility index (Phi) is 4.73. The lowest BCUT2D eigenvalue weighted by Crippen LogP contribution is -2.14. The van der Waals surface area contributed by atoms with E-state index in [1.165, 1.54) is 44.2 Å². The standard InChI is InChI=1S/C16H22F2/c1-2-12-3-5-13(6-4-12)7-8-14-9-10-15(17)16(18)11-14/h9-13H,2-8H2,1H3. The van der Waals surface area contributed by atoms with Gasteiger partial charge in [0.15, 0.2) is 11.6 Å². The molecule has 1 aromatic carbocycles. The molecule has 2 rings (SSSR count). The third kappa shape index (κ3) is 3.54. The summed E-state index contributed by atoms with van der Waals surface area (Å²) in [7, 11) is 0. The second-order valence-electron chi connectivity index (χ2n) is 5.58. The lowest BCUT2D eigenvalue weighted by atomic mass is 9.78. The van der Waals surface area contributed by atoms with E-state index in [4.69, 9.17) is 0 Å². The van der Waals surface area contributed by atoms with Crippen LogP contribution in [0.3, 0.4) is 0 Å². The highest BCUT2D eigenvalue weighted by Gasteiger charge is 2.19. The van der Waals surface area contributed by atoms with Gasteiger partial charge in [-0.1, -0.05) is 45.1 Å². The molecule has 1 aliphatic rings. The SMILES string of the molecule is CCC1CCC(CCc2ccc(F)c(F)c2)CC1. The number of hydrogen-bond acceptors (Lipinski definition) is 0. The van der Waals surface area contributed by atoms with Crippen molar-refractivity contribution in [3.05, 3.63) is 35.4 Å². The zero-order valence-electron chi connectivity index (χ0n) is 11.1. The van der Waals surface area contributed by atoms with Crippen molar-refractivity contribution in [2.24, 2.45) is 11.8 Å². The zero-order chi connectivity index (χ0) is 13.0. The highest BCUT2D eigenvalue weighted by Crippen LogP contribution is 2.33. The fourth-order valence-electron chi connectivity index (χ4n) is 2.99. The summed E-state index contributed by atoms with van der Waals surface area (Å²) in [6.07, 6.45) is 8.60. The number of aryl methyl sites for hydroxylation is 1. The largest absolute Gasteiger partial charge is 0.204 e. The highest BCUT2D eigenvalue weighted by molar-refractivity contribution is 5.17. The molecule has 0 bridgehead atoms. The second kappa shape index (κ2) is 6.31. The Bertz CT molecular complexity index is 379. The van der Waals surface area contributed by atoms with Crippen molar-refractivity contribution in [3.8, 4) is 0 Å². The molecule has 0 atom stereocenters. The molecule has 1 saturated carbocycles. The fourth-order valence-corrected chi connectivity index (χ4v) is 2.99. The van der Waals surface area contributed by atoms with Gasteiger partial charge in [-0.15, -0.1) is 0 Å². The van der Waals surface area contributed by atoms with Gasteiger partial charge in [-0.05, 0) is 42.4 Å². The highest BCUT2D eigenvalue weighted by atomic mass is 19.2. The molecular weight excluding hydrogens is 230 g/mol. The van der Waals surface area contributed by atoms with E-state index >= 15 is 0 Å². The Labute approximate surface area is 108 Å². The van der Waals surface area contributed by atoms with Crippen LogP contribution >= 0.6 is 0 Å². The predicted octanol–water partition coefficient (Wildman–Crippen LogP) is 5.11. The number of benzene rings is 1. The van der Waals surface area contributed by atoms with Gasteiger partial charge in [-0.25, -0.2) is 8.78 Å². The Morgan fingerprint density at radius 2 is 1.67 bits per heavy atom. The van der Waals surface area contributed by atoms with Crippen molar-refractivity contribution in [2.45, 2.75) is 51.9 Å². The Hall–Kier alpha value is -0.920. The average molecular weight is 252 g/mol. The summed E-state index contributed by atoms with van der Waals surface area (Å²) in [5.41, 5.74) is 0.923. The maximum Gasteiger partial charge on any atom is 0.159 e. The zero-order valence-corrected chi connectivity index (χ0v) is 11.1. The number of halogens is 2. The molecule has 0 N–H and O–H groups in total. The van der Waals surface area contributed by atoms with Gasteiger partial charge < -0.3 is 0 Å². The lowest BCUT2D eigenvalue weighted by molar-refractivity contribution is 0.258. The minimum absolute atomic E-state index is 0.720. The summed E-state index contributed by atoms with van der Waals surface area (Å²) in [6.45, 7) is 2.27. The fraction of sp³-hybridized carbons (Fsp3) is 0.625. The van der Waals surface area contributed by atoms with Crippen LogP contribution in [0.15, 0.2) is 18.2 Å². The summed E-state index contributed by atoms with van der Waals surface area (Å²) in [4.78, 5) is 0. The molecule has 1 aromatic rings. The molecular formula is C16H22F2. The van der Waals surface area contributed by atoms with Crippen molar-refractivity contribution in [2.75, 3.05) is 0 Å². The van der Waals surface area contributed by atoms with Crippen LogP contribution in [0, 0.1) is 23.5 Å². The molecule has 1 aliphatic carbocycles. The van der Waals surface area contributed by atoms with Crippen LogP contribution in [0.25, 0.3) is 0 Å². The van der Waals surface area contributed by atoms with Crippen LogP contribution < -0.4 is 0 Å². The molecule has 0 nitrogen and oxygen atoms in total. The quantitative estimate of drug-likeness (QED) is 0.698. The van der Waals surface area contributed by atoms with Gasteiger partial charge in [-0.2, -0.15) is 0 Å². The van der Waals surface area contributed by atoms with Crippen molar-refractivity contribution >= 4 is 0 Å². The van der Waals surface area contributed by atoms with E-state index in [0.29, 0.717) is 0 Å². The van der Waals surface area contributed by atoms with Gasteiger partial charge >= 0.3 is 0 Å². The first-order chi connectivity index (χ1) is 8.69. The van der Waals surface area contributed by atoms with E-state index < -0.39 is 11.6 Å². The van der Waals surface area contributed by atoms with E-state index in [9.17, 15) is 8.78 Å². The summed E-state index contributed by atoms with van der Waals surface area (Å²) in [5, 5.41) is 0. The van der Waals surface area contributed by atoms with E-state index in [1.54, 1.807) is 6.07 Å². The summed E-state index contributed by atoms with van der Waals surface area (Å²) in [6, 6.07) is 4.28. The van der Waals surface area contributed by atoms with E-state index in [1.807, 2.05) is 0 Å². The minimum atomic E-state index is -0.748. The molecule has 0 unspecified atom stereocenters. The molecule has 0 aromatic heterocycles. The average Bonchev–Trinajstić information content (AvgIpc) is 2.41. The normalized spacial score (nSPS) is 24.2. The topological polar surface area (TPSA) is 0 Å². The van der Waals surface area contributed by atoms with Crippen LogP contribution in [0.5, 0.6) is 0 Å². The van der Waals surface area contributed by atoms with Crippen LogP contribution in [-0.4, -0.2) is 0 Å². The van der Waals surface area contributed by atoms with Crippen LogP contribution in [-0.2, 0) is 6.42 Å². The van der Waals surface area contributed by atoms with Gasteiger partial charge in [0.1, 0.15) is 0 Å². The van der Waals surface area contributed by atoms with E-state index in [2.05, 4.69) is 6.92 Å². The summed E-state index contributed by atoms with van der Waals surface area (Å²) in [5.74, 6) is 0.231. The minimum Gasteiger partial charge on any atom is -0.204 e. The molecule has 1 fully saturated rings. The van der Waals surface area contributed by atoms with Gasteiger partial charge in [0.25, 0.3) is 0 Å². The van der Waals surface area contributed by atoms with Crippen molar-refractivity contribution in [1.29, 1.82) is 0 Å². The molecule has 0 heterocycles. The molecule has 18 heavy (non-hydrogen) atoms. The molecule has 100 valence electrons. The molecule has 0 spiro atoms. The van der Waals surface area contributed by atoms with E-state index in [0.717, 1.165) is 30.2 Å². The Morgan fingerprint density at radius 1 is 1.00 bits per heavy atom. The number of hydrogen-bond donors (Lipinski definition) is 0. The van der Waals surface area contributed by atoms with Crippen molar-refractivity contribution < 1.29 is 8.78 Å². The maximum absolute atomic E-state index is 13.1. The van der Waals surface area contributed by atoms with Gasteiger partial charge in [0.2, 0.25) is 0 Å². The Balaban J connectivity index is 1.79. The summed E-state index contributed by atoms with van der Waals surface area (Å²) >= 11 is 0. The maximum atomic E-state index is 13.1. The molecule has 0 radical (unpaired) electrons.